The average molecular weight is 334 g/mol. The molecule has 0 radical (unpaired) electrons. The lowest BCUT2D eigenvalue weighted by Crippen LogP contribution is -2.52. The third-order valence-corrected chi connectivity index (χ3v) is 3.59. The minimum Gasteiger partial charge on any atom is -0.450 e. The number of ether oxygens (including phenoxy) is 1. The van der Waals surface area contributed by atoms with Gasteiger partial charge < -0.3 is 25.2 Å². The molecule has 1 aromatic carbocycles. The maximum Gasteiger partial charge on any atom is 0.409 e. The fourth-order valence-electron chi connectivity index (χ4n) is 2.32. The lowest BCUT2D eigenvalue weighted by molar-refractivity contribution is -0.131. The van der Waals surface area contributed by atoms with Crippen LogP contribution < -0.4 is 10.6 Å². The molecule has 0 unspecified atom stereocenters. The minimum absolute atomic E-state index is 0.0852. The van der Waals surface area contributed by atoms with E-state index in [-0.39, 0.29) is 18.5 Å². The number of anilines is 1. The van der Waals surface area contributed by atoms with Crippen LogP contribution in [0.1, 0.15) is 6.92 Å². The second kappa shape index (κ2) is 8.76. The van der Waals surface area contributed by atoms with Gasteiger partial charge in [0, 0.05) is 31.9 Å². The third kappa shape index (κ3) is 5.15. The number of benzene rings is 1. The van der Waals surface area contributed by atoms with Crippen molar-refractivity contribution in [1.29, 1.82) is 0 Å². The average Bonchev–Trinajstić information content (AvgIpc) is 2.61. The lowest BCUT2D eigenvalue weighted by atomic mass is 10.3. The van der Waals surface area contributed by atoms with E-state index < -0.39 is 6.03 Å². The Morgan fingerprint density at radius 3 is 2.29 bits per heavy atom. The number of nitrogens with zero attached hydrogens (tertiary/aromatic N) is 2. The Morgan fingerprint density at radius 2 is 1.67 bits per heavy atom. The van der Waals surface area contributed by atoms with E-state index in [1.807, 2.05) is 18.2 Å². The number of rotatable bonds is 4. The van der Waals surface area contributed by atoms with Crippen molar-refractivity contribution in [2.24, 2.45) is 0 Å². The van der Waals surface area contributed by atoms with Gasteiger partial charge in [0.2, 0.25) is 5.91 Å². The van der Waals surface area contributed by atoms with Crippen molar-refractivity contribution >= 4 is 23.7 Å². The molecule has 1 aromatic rings. The van der Waals surface area contributed by atoms with Crippen molar-refractivity contribution in [3.05, 3.63) is 30.3 Å². The number of amides is 4. The van der Waals surface area contributed by atoms with Gasteiger partial charge in [-0.2, -0.15) is 0 Å². The summed E-state index contributed by atoms with van der Waals surface area (Å²) in [4.78, 5) is 38.7. The first-order chi connectivity index (χ1) is 11.6. The second-order valence-corrected chi connectivity index (χ2v) is 5.24. The molecular weight excluding hydrogens is 312 g/mol. The van der Waals surface area contributed by atoms with Gasteiger partial charge in [-0.05, 0) is 19.1 Å². The quantitative estimate of drug-likeness (QED) is 0.863. The largest absolute Gasteiger partial charge is 0.450 e. The molecule has 1 aliphatic rings. The van der Waals surface area contributed by atoms with E-state index in [1.165, 1.54) is 0 Å². The van der Waals surface area contributed by atoms with Crippen LogP contribution in [0, 0.1) is 0 Å². The Balaban J connectivity index is 1.70. The van der Waals surface area contributed by atoms with Gasteiger partial charge in [0.15, 0.2) is 0 Å². The first kappa shape index (κ1) is 17.6. The predicted molar refractivity (Wildman–Crippen MR) is 88.6 cm³/mol. The van der Waals surface area contributed by atoms with Crippen LogP contribution in [0.5, 0.6) is 0 Å². The maximum atomic E-state index is 12.1. The first-order valence-corrected chi connectivity index (χ1v) is 7.89. The predicted octanol–water partition coefficient (Wildman–Crippen LogP) is 1.11. The lowest BCUT2D eigenvalue weighted by Gasteiger charge is -2.34. The van der Waals surface area contributed by atoms with E-state index in [0.717, 1.165) is 0 Å². The third-order valence-electron chi connectivity index (χ3n) is 3.59. The van der Waals surface area contributed by atoms with Crippen molar-refractivity contribution in [2.45, 2.75) is 6.92 Å². The smallest absolute Gasteiger partial charge is 0.409 e. The highest BCUT2D eigenvalue weighted by atomic mass is 16.6. The van der Waals surface area contributed by atoms with Gasteiger partial charge in [-0.15, -0.1) is 0 Å². The molecule has 0 aliphatic carbocycles. The standard InChI is InChI=1S/C16H22N4O4/c1-2-24-16(23)20-10-8-19(9-11-20)14(21)12-17-15(22)18-13-6-4-3-5-7-13/h3-7H,2,8-12H2,1H3,(H2,17,18,22). The Labute approximate surface area is 140 Å². The second-order valence-electron chi connectivity index (χ2n) is 5.24. The normalized spacial score (nSPS) is 14.0. The molecule has 1 saturated heterocycles. The molecule has 24 heavy (non-hydrogen) atoms. The molecule has 0 aromatic heterocycles. The van der Waals surface area contributed by atoms with E-state index in [1.54, 1.807) is 28.9 Å². The fourth-order valence-corrected chi connectivity index (χ4v) is 2.32. The molecule has 1 aliphatic heterocycles. The molecule has 0 atom stereocenters. The van der Waals surface area contributed by atoms with E-state index in [0.29, 0.717) is 38.5 Å². The molecule has 2 N–H and O–H groups in total. The molecule has 130 valence electrons. The highest BCUT2D eigenvalue weighted by molar-refractivity contribution is 5.92. The van der Waals surface area contributed by atoms with Gasteiger partial charge in [-0.1, -0.05) is 18.2 Å². The van der Waals surface area contributed by atoms with Crippen molar-refractivity contribution in [3.8, 4) is 0 Å². The van der Waals surface area contributed by atoms with Gasteiger partial charge in [-0.3, -0.25) is 4.79 Å². The maximum absolute atomic E-state index is 12.1. The van der Waals surface area contributed by atoms with Crippen LogP contribution in [0.3, 0.4) is 0 Å². The van der Waals surface area contributed by atoms with E-state index in [4.69, 9.17) is 4.74 Å². The number of hydrogen-bond acceptors (Lipinski definition) is 4. The van der Waals surface area contributed by atoms with Crippen LogP contribution in [0.25, 0.3) is 0 Å². The van der Waals surface area contributed by atoms with Gasteiger partial charge in [0.25, 0.3) is 0 Å². The monoisotopic (exact) mass is 334 g/mol. The number of nitrogens with one attached hydrogen (secondary N) is 2. The van der Waals surface area contributed by atoms with E-state index in [2.05, 4.69) is 10.6 Å². The van der Waals surface area contributed by atoms with Crippen LogP contribution in [-0.2, 0) is 9.53 Å². The summed E-state index contributed by atoms with van der Waals surface area (Å²) in [5, 5.41) is 5.18. The molecule has 0 spiro atoms. The number of piperazine rings is 1. The summed E-state index contributed by atoms with van der Waals surface area (Å²) in [5.41, 5.74) is 0.658. The molecule has 1 fully saturated rings. The number of carbonyl (C=O) groups excluding carboxylic acids is 3. The molecule has 0 saturated carbocycles. The first-order valence-electron chi connectivity index (χ1n) is 7.89. The van der Waals surface area contributed by atoms with Crippen molar-refractivity contribution < 1.29 is 19.1 Å². The van der Waals surface area contributed by atoms with Crippen LogP contribution in [-0.4, -0.2) is 67.2 Å². The summed E-state index contributed by atoms with van der Waals surface area (Å²) < 4.78 is 4.93. The topological polar surface area (TPSA) is 91.0 Å². The zero-order chi connectivity index (χ0) is 17.4. The highest BCUT2D eigenvalue weighted by Crippen LogP contribution is 2.05. The molecular formula is C16H22N4O4. The van der Waals surface area contributed by atoms with Crippen molar-refractivity contribution in [1.82, 2.24) is 15.1 Å². The Morgan fingerprint density at radius 1 is 1.04 bits per heavy atom. The number of carbonyl (C=O) groups is 3. The minimum atomic E-state index is -0.431. The molecule has 8 nitrogen and oxygen atoms in total. The summed E-state index contributed by atoms with van der Waals surface area (Å²) in [6, 6.07) is 8.56. The molecule has 1 heterocycles. The Bertz CT molecular complexity index is 571. The summed E-state index contributed by atoms with van der Waals surface area (Å²) in [6.45, 7) is 3.72. The SMILES string of the molecule is CCOC(=O)N1CCN(C(=O)CNC(=O)Nc2ccccc2)CC1. The van der Waals surface area contributed by atoms with Crippen molar-refractivity contribution in [2.75, 3.05) is 44.6 Å². The van der Waals surface area contributed by atoms with E-state index in [9.17, 15) is 14.4 Å². The number of para-hydroxylation sites is 1. The summed E-state index contributed by atoms with van der Waals surface area (Å²) in [7, 11) is 0. The van der Waals surface area contributed by atoms with E-state index >= 15 is 0 Å². The zero-order valence-electron chi connectivity index (χ0n) is 13.7. The molecule has 0 bridgehead atoms. The molecule has 8 heteroatoms. The Kier molecular flexibility index (Phi) is 6.41. The van der Waals surface area contributed by atoms with Gasteiger partial charge in [0.1, 0.15) is 0 Å². The summed E-state index contributed by atoms with van der Waals surface area (Å²) in [6.07, 6.45) is -0.357. The fraction of sp³-hybridized carbons (Fsp3) is 0.438. The summed E-state index contributed by atoms with van der Waals surface area (Å²) in [5.74, 6) is -0.179. The van der Waals surface area contributed by atoms with Gasteiger partial charge in [0.05, 0.1) is 13.2 Å². The number of hydrogen-bond donors (Lipinski definition) is 2. The molecule has 2 rings (SSSR count). The zero-order valence-corrected chi connectivity index (χ0v) is 13.7. The van der Waals surface area contributed by atoms with Gasteiger partial charge in [-0.25, -0.2) is 9.59 Å². The highest BCUT2D eigenvalue weighted by Gasteiger charge is 2.24. The van der Waals surface area contributed by atoms with Gasteiger partial charge >= 0.3 is 12.1 Å². The van der Waals surface area contributed by atoms with Crippen LogP contribution in [0.15, 0.2) is 30.3 Å². The van der Waals surface area contributed by atoms with Crippen LogP contribution in [0.2, 0.25) is 0 Å². The summed E-state index contributed by atoms with van der Waals surface area (Å²) >= 11 is 0. The van der Waals surface area contributed by atoms with Crippen LogP contribution in [0.4, 0.5) is 15.3 Å². The Hall–Kier alpha value is -2.77. The molecule has 4 amide bonds. The number of urea groups is 1. The van der Waals surface area contributed by atoms with Crippen molar-refractivity contribution in [3.63, 3.8) is 0 Å². The van der Waals surface area contributed by atoms with Crippen LogP contribution >= 0.6 is 0 Å².